The molecule has 1 fully saturated rings. The van der Waals surface area contributed by atoms with Gasteiger partial charge in [0.25, 0.3) is 20.0 Å². The van der Waals surface area contributed by atoms with Crippen molar-refractivity contribution in [2.75, 3.05) is 13.1 Å². The summed E-state index contributed by atoms with van der Waals surface area (Å²) in [6, 6.07) is 20.1. The van der Waals surface area contributed by atoms with Gasteiger partial charge in [0.2, 0.25) is 10.0 Å². The van der Waals surface area contributed by atoms with E-state index in [4.69, 9.17) is 0 Å². The molecule has 8 nitrogen and oxygen atoms in total. The van der Waals surface area contributed by atoms with Crippen molar-refractivity contribution in [3.63, 3.8) is 0 Å². The van der Waals surface area contributed by atoms with Gasteiger partial charge in [-0.3, -0.25) is 0 Å². The van der Waals surface area contributed by atoms with Gasteiger partial charge in [0.1, 0.15) is 0 Å². The highest BCUT2D eigenvalue weighted by atomic mass is 32.3. The summed E-state index contributed by atoms with van der Waals surface area (Å²) >= 11 is 0. The fourth-order valence-electron chi connectivity index (χ4n) is 4.56. The maximum Gasteiger partial charge on any atom is 0.256 e. The Morgan fingerprint density at radius 1 is 0.730 bits per heavy atom. The molecular formula is C26H30N2O6S3. The maximum absolute atomic E-state index is 13.7. The molecule has 0 unspecified atom stereocenters. The van der Waals surface area contributed by atoms with Gasteiger partial charge >= 0.3 is 0 Å². The zero-order valence-electron chi connectivity index (χ0n) is 20.9. The molecule has 3 aromatic rings. The Balaban J connectivity index is 1.82. The van der Waals surface area contributed by atoms with E-state index in [9.17, 15) is 25.3 Å². The molecule has 11 heteroatoms. The summed E-state index contributed by atoms with van der Waals surface area (Å²) in [5, 5.41) is 0. The van der Waals surface area contributed by atoms with Crippen LogP contribution in [0.15, 0.2) is 99.6 Å². The lowest BCUT2D eigenvalue weighted by Crippen LogP contribution is -2.47. The molecule has 0 aliphatic carbocycles. The lowest BCUT2D eigenvalue weighted by Gasteiger charge is -2.29. The highest BCUT2D eigenvalue weighted by molar-refractivity contribution is 8.04. The van der Waals surface area contributed by atoms with Crippen molar-refractivity contribution in [2.45, 2.75) is 47.9 Å². The summed E-state index contributed by atoms with van der Waals surface area (Å²) in [7, 11) is -13.1. The van der Waals surface area contributed by atoms with E-state index in [0.29, 0.717) is 3.71 Å². The minimum atomic E-state index is -4.55. The topological polar surface area (TPSA) is 109 Å². The van der Waals surface area contributed by atoms with Crippen LogP contribution in [0, 0.1) is 12.3 Å². The molecule has 1 saturated heterocycles. The first kappa shape index (κ1) is 27.5. The van der Waals surface area contributed by atoms with Gasteiger partial charge in [-0.2, -0.15) is 4.31 Å². The molecule has 0 aromatic heterocycles. The monoisotopic (exact) mass is 562 g/mol. The van der Waals surface area contributed by atoms with Gasteiger partial charge in [-0.15, -0.1) is 0 Å². The predicted octanol–water partition coefficient (Wildman–Crippen LogP) is 3.86. The van der Waals surface area contributed by atoms with E-state index in [1.54, 1.807) is 24.3 Å². The van der Waals surface area contributed by atoms with Gasteiger partial charge in [-0.05, 0) is 55.2 Å². The number of nitrogens with zero attached hydrogens (tertiary/aromatic N) is 2. The van der Waals surface area contributed by atoms with Crippen LogP contribution >= 0.6 is 0 Å². The van der Waals surface area contributed by atoms with E-state index in [1.165, 1.54) is 65.0 Å². The average Bonchev–Trinajstić information content (AvgIpc) is 3.18. The molecule has 198 valence electrons. The first-order valence-electron chi connectivity index (χ1n) is 11.7. The Morgan fingerprint density at radius 3 is 1.65 bits per heavy atom. The third kappa shape index (κ3) is 5.51. The summed E-state index contributed by atoms with van der Waals surface area (Å²) in [6.45, 7) is 5.18. The molecule has 1 heterocycles. The summed E-state index contributed by atoms with van der Waals surface area (Å²) in [6.07, 6.45) is 0.281. The van der Waals surface area contributed by atoms with Crippen LogP contribution in [0.2, 0.25) is 0 Å². The van der Waals surface area contributed by atoms with Crippen LogP contribution in [0.25, 0.3) is 0 Å². The second-order valence-corrected chi connectivity index (χ2v) is 15.8. The lowest BCUT2D eigenvalue weighted by atomic mass is 9.91. The zero-order valence-corrected chi connectivity index (χ0v) is 23.3. The highest BCUT2D eigenvalue weighted by Crippen LogP contribution is 2.39. The van der Waals surface area contributed by atoms with E-state index >= 15 is 0 Å². The predicted molar refractivity (Wildman–Crippen MR) is 141 cm³/mol. The van der Waals surface area contributed by atoms with Crippen LogP contribution in [0.3, 0.4) is 0 Å². The van der Waals surface area contributed by atoms with Crippen LogP contribution in [-0.2, 0) is 30.1 Å². The molecule has 0 bridgehead atoms. The summed E-state index contributed by atoms with van der Waals surface area (Å²) in [4.78, 5) is -0.316. The summed E-state index contributed by atoms with van der Waals surface area (Å²) in [5.41, 5.74) is 0.396. The van der Waals surface area contributed by atoms with Crippen molar-refractivity contribution in [2.24, 2.45) is 5.41 Å². The average molecular weight is 563 g/mol. The van der Waals surface area contributed by atoms with Crippen molar-refractivity contribution in [1.82, 2.24) is 8.02 Å². The smallest absolute Gasteiger partial charge is 0.207 e. The molecule has 0 amide bonds. The van der Waals surface area contributed by atoms with Crippen molar-refractivity contribution in [1.29, 1.82) is 0 Å². The Bertz CT molecular complexity index is 1500. The fourth-order valence-corrected chi connectivity index (χ4v) is 10.1. The molecule has 3 aromatic carbocycles. The first-order valence-corrected chi connectivity index (χ1v) is 16.0. The van der Waals surface area contributed by atoms with Gasteiger partial charge in [-0.25, -0.2) is 25.3 Å². The van der Waals surface area contributed by atoms with E-state index in [0.717, 1.165) is 5.56 Å². The fraction of sp³-hybridized carbons (Fsp3) is 0.308. The third-order valence-corrected chi connectivity index (χ3v) is 12.6. The van der Waals surface area contributed by atoms with Crippen LogP contribution in [0.5, 0.6) is 0 Å². The number of hydrogen-bond acceptors (Lipinski definition) is 6. The molecule has 1 aliphatic rings. The van der Waals surface area contributed by atoms with E-state index in [1.807, 2.05) is 20.8 Å². The van der Waals surface area contributed by atoms with Gasteiger partial charge in [0.05, 0.1) is 14.7 Å². The Labute approximate surface area is 219 Å². The Morgan fingerprint density at radius 2 is 1.19 bits per heavy atom. The van der Waals surface area contributed by atoms with Crippen LogP contribution in [0.4, 0.5) is 0 Å². The zero-order chi connectivity index (χ0) is 27.1. The largest absolute Gasteiger partial charge is 0.256 e. The highest BCUT2D eigenvalue weighted by Gasteiger charge is 2.48. The Hall–Kier alpha value is -2.57. The standard InChI is InChI=1S/C26H30N2O6S3/c1-21-14-16-25(17-15-21)35(29,30)27-20-26(2,3)18-22(27)19-28(36(31,32)23-10-6-4-7-11-23)37(33,34)24-12-8-5-9-13-24/h4-17,22H,18-20H2,1-3H3/t22-/m0/s1. The van der Waals surface area contributed by atoms with E-state index in [-0.39, 0.29) is 27.7 Å². The SMILES string of the molecule is Cc1ccc(S(=O)(=O)N2CC(C)(C)C[C@H]2CN(S(=O)(=O)c2ccccc2)S(=O)(=O)c2ccccc2)cc1. The summed E-state index contributed by atoms with van der Waals surface area (Å²) < 4.78 is 84.0. The quantitative estimate of drug-likeness (QED) is 0.413. The van der Waals surface area contributed by atoms with Crippen LogP contribution in [-0.4, -0.2) is 52.4 Å². The molecule has 0 spiro atoms. The molecule has 4 rings (SSSR count). The molecule has 1 aliphatic heterocycles. The van der Waals surface area contributed by atoms with Crippen LogP contribution < -0.4 is 0 Å². The van der Waals surface area contributed by atoms with Gasteiger partial charge < -0.3 is 0 Å². The molecular weight excluding hydrogens is 532 g/mol. The second-order valence-electron chi connectivity index (χ2n) is 9.98. The van der Waals surface area contributed by atoms with Gasteiger partial charge in [0, 0.05) is 19.1 Å². The molecule has 37 heavy (non-hydrogen) atoms. The number of hydrogen-bond donors (Lipinski definition) is 0. The maximum atomic E-state index is 13.7. The normalized spacial score (nSPS) is 18.8. The van der Waals surface area contributed by atoms with Crippen molar-refractivity contribution in [3.8, 4) is 0 Å². The molecule has 0 radical (unpaired) electrons. The minimum Gasteiger partial charge on any atom is -0.207 e. The lowest BCUT2D eigenvalue weighted by molar-refractivity contribution is 0.348. The van der Waals surface area contributed by atoms with Gasteiger partial charge in [-0.1, -0.05) is 71.7 Å². The van der Waals surface area contributed by atoms with Gasteiger partial charge in [0.15, 0.2) is 0 Å². The third-order valence-electron chi connectivity index (χ3n) is 6.39. The van der Waals surface area contributed by atoms with Crippen molar-refractivity contribution < 1.29 is 25.3 Å². The number of sulfonamides is 3. The number of aryl methyl sites for hydroxylation is 1. The van der Waals surface area contributed by atoms with Crippen molar-refractivity contribution >= 4 is 30.1 Å². The Kier molecular flexibility index (Phi) is 7.39. The second kappa shape index (κ2) is 9.95. The summed E-state index contributed by atoms with van der Waals surface area (Å²) in [5.74, 6) is 0. The number of benzene rings is 3. The van der Waals surface area contributed by atoms with Crippen molar-refractivity contribution in [3.05, 3.63) is 90.5 Å². The van der Waals surface area contributed by atoms with Crippen LogP contribution in [0.1, 0.15) is 25.8 Å². The minimum absolute atomic E-state index is 0.0733. The van der Waals surface area contributed by atoms with E-state index in [2.05, 4.69) is 0 Å². The molecule has 0 N–H and O–H groups in total. The first-order chi connectivity index (χ1) is 17.2. The molecule has 1 atom stereocenters. The van der Waals surface area contributed by atoms with E-state index < -0.39 is 48.1 Å². The number of rotatable bonds is 8. The molecule has 0 saturated carbocycles.